The van der Waals surface area contributed by atoms with Gasteiger partial charge in [-0.05, 0) is 55.5 Å². The van der Waals surface area contributed by atoms with Crippen LogP contribution in [0.4, 0.5) is 0 Å². The van der Waals surface area contributed by atoms with Crippen LogP contribution in [0.5, 0.6) is 0 Å². The maximum absolute atomic E-state index is 12.7. The Morgan fingerprint density at radius 3 is 2.75 bits per heavy atom. The van der Waals surface area contributed by atoms with Gasteiger partial charge in [0.25, 0.3) is 5.91 Å². The average Bonchev–Trinajstić information content (AvgIpc) is 2.99. The zero-order valence-electron chi connectivity index (χ0n) is 17.0. The summed E-state index contributed by atoms with van der Waals surface area (Å²) in [6.45, 7) is 10.8. The second kappa shape index (κ2) is 9.16. The summed E-state index contributed by atoms with van der Waals surface area (Å²) in [6, 6.07) is 12.8. The Labute approximate surface area is 171 Å². The highest BCUT2D eigenvalue weighted by Crippen LogP contribution is 2.21. The van der Waals surface area contributed by atoms with Gasteiger partial charge in [0.15, 0.2) is 4.80 Å². The van der Waals surface area contributed by atoms with Crippen LogP contribution in [-0.4, -0.2) is 10.5 Å². The number of rotatable bonds is 7. The molecule has 3 rings (SSSR count). The summed E-state index contributed by atoms with van der Waals surface area (Å²) in [7, 11) is 0. The Hall–Kier alpha value is -2.46. The van der Waals surface area contributed by atoms with Crippen molar-refractivity contribution in [2.45, 2.75) is 53.0 Å². The second-order valence-electron chi connectivity index (χ2n) is 7.30. The zero-order chi connectivity index (χ0) is 20.1. The molecule has 0 aliphatic heterocycles. The number of hydrogen-bond acceptors (Lipinski definition) is 2. The first-order valence-electron chi connectivity index (χ1n) is 9.88. The van der Waals surface area contributed by atoms with E-state index in [0.717, 1.165) is 27.9 Å². The molecular formula is C24H28N2OS. The molecule has 1 aromatic heterocycles. The lowest BCUT2D eigenvalue weighted by Gasteiger charge is -2.05. The fraction of sp³-hybridized carbons (Fsp3) is 0.333. The Morgan fingerprint density at radius 2 is 2.04 bits per heavy atom. The molecule has 0 atom stereocenters. The van der Waals surface area contributed by atoms with Crippen molar-refractivity contribution >= 4 is 27.5 Å². The molecule has 0 aliphatic rings. The Morgan fingerprint density at radius 1 is 1.21 bits per heavy atom. The second-order valence-corrected chi connectivity index (χ2v) is 8.31. The van der Waals surface area contributed by atoms with Gasteiger partial charge in [-0.3, -0.25) is 4.79 Å². The van der Waals surface area contributed by atoms with E-state index < -0.39 is 0 Å². The van der Waals surface area contributed by atoms with Gasteiger partial charge in [-0.1, -0.05) is 60.6 Å². The number of benzene rings is 2. The van der Waals surface area contributed by atoms with E-state index >= 15 is 0 Å². The molecule has 3 aromatic rings. The number of carbonyl (C=O) groups excluding carboxylic acids is 1. The first-order valence-corrected chi connectivity index (χ1v) is 10.7. The fourth-order valence-electron chi connectivity index (χ4n) is 3.40. The van der Waals surface area contributed by atoms with E-state index in [0.29, 0.717) is 13.0 Å². The topological polar surface area (TPSA) is 34.4 Å². The third-order valence-electron chi connectivity index (χ3n) is 4.94. The fourth-order valence-corrected chi connectivity index (χ4v) is 4.52. The monoisotopic (exact) mass is 392 g/mol. The van der Waals surface area contributed by atoms with Gasteiger partial charge in [0.05, 0.1) is 16.6 Å². The number of thiazole rings is 1. The van der Waals surface area contributed by atoms with Crippen LogP contribution >= 0.6 is 11.3 Å². The molecule has 28 heavy (non-hydrogen) atoms. The number of aromatic nitrogens is 1. The minimum absolute atomic E-state index is 0.109. The normalized spacial score (nSPS) is 11.9. The van der Waals surface area contributed by atoms with Gasteiger partial charge in [0.2, 0.25) is 0 Å². The van der Waals surface area contributed by atoms with Crippen LogP contribution in [0, 0.1) is 13.8 Å². The lowest BCUT2D eigenvalue weighted by atomic mass is 10.0. The lowest BCUT2D eigenvalue weighted by Crippen LogP contribution is -2.17. The summed E-state index contributed by atoms with van der Waals surface area (Å²) in [4.78, 5) is 17.9. The Kier molecular flexibility index (Phi) is 6.63. The number of carbonyl (C=O) groups is 1. The van der Waals surface area contributed by atoms with Gasteiger partial charge in [-0.2, -0.15) is 4.99 Å². The molecule has 0 spiro atoms. The van der Waals surface area contributed by atoms with Gasteiger partial charge in [0.1, 0.15) is 0 Å². The van der Waals surface area contributed by atoms with Gasteiger partial charge in [-0.25, -0.2) is 0 Å². The standard InChI is InChI=1S/C24H28N2OS/c1-5-7-8-19-10-12-21-22(15-19)28-24(26(21)13-6-2)25-23(27)16-20-11-9-17(3)14-18(20)4/h6,9-12,14-15H,2,5,7-8,13,16H2,1,3-4H3. The summed E-state index contributed by atoms with van der Waals surface area (Å²) < 4.78 is 3.25. The van der Waals surface area contributed by atoms with Gasteiger partial charge in [-0.15, -0.1) is 6.58 Å². The number of allylic oxidation sites excluding steroid dienone is 1. The maximum atomic E-state index is 12.7. The average molecular weight is 393 g/mol. The summed E-state index contributed by atoms with van der Waals surface area (Å²) in [6.07, 6.45) is 5.65. The molecule has 0 fully saturated rings. The van der Waals surface area contributed by atoms with Gasteiger partial charge >= 0.3 is 0 Å². The van der Waals surface area contributed by atoms with Crippen molar-refractivity contribution in [3.05, 3.63) is 76.1 Å². The first-order chi connectivity index (χ1) is 13.5. The molecule has 2 aromatic carbocycles. The Balaban J connectivity index is 1.96. The molecular weight excluding hydrogens is 364 g/mol. The number of aryl methyl sites for hydroxylation is 3. The Bertz CT molecular complexity index is 1070. The van der Waals surface area contributed by atoms with Crippen molar-refractivity contribution in [3.63, 3.8) is 0 Å². The minimum atomic E-state index is -0.109. The molecule has 1 amide bonds. The van der Waals surface area contributed by atoms with E-state index in [1.807, 2.05) is 25.1 Å². The first kappa shape index (κ1) is 20.3. The molecule has 0 aliphatic carbocycles. The molecule has 0 bridgehead atoms. The van der Waals surface area contributed by atoms with E-state index in [2.05, 4.69) is 54.3 Å². The van der Waals surface area contributed by atoms with E-state index in [9.17, 15) is 4.79 Å². The van der Waals surface area contributed by atoms with Crippen molar-refractivity contribution in [2.24, 2.45) is 4.99 Å². The quantitative estimate of drug-likeness (QED) is 0.488. The summed E-state index contributed by atoms with van der Waals surface area (Å²) in [5.41, 5.74) is 5.84. The molecule has 146 valence electrons. The van der Waals surface area contributed by atoms with E-state index in [1.54, 1.807) is 11.3 Å². The highest BCUT2D eigenvalue weighted by atomic mass is 32.1. The minimum Gasteiger partial charge on any atom is -0.313 e. The highest BCUT2D eigenvalue weighted by Gasteiger charge is 2.10. The molecule has 1 heterocycles. The third kappa shape index (κ3) is 4.68. The van der Waals surface area contributed by atoms with E-state index in [1.165, 1.54) is 28.7 Å². The third-order valence-corrected chi connectivity index (χ3v) is 5.98. The lowest BCUT2D eigenvalue weighted by molar-refractivity contribution is -0.117. The molecule has 0 saturated carbocycles. The number of nitrogens with zero attached hydrogens (tertiary/aromatic N) is 2. The van der Waals surface area contributed by atoms with Crippen LogP contribution in [0.25, 0.3) is 10.2 Å². The molecule has 0 N–H and O–H groups in total. The summed E-state index contributed by atoms with van der Waals surface area (Å²) in [5.74, 6) is -0.109. The van der Waals surface area contributed by atoms with Crippen molar-refractivity contribution in [1.82, 2.24) is 4.57 Å². The van der Waals surface area contributed by atoms with E-state index in [4.69, 9.17) is 0 Å². The molecule has 0 unspecified atom stereocenters. The van der Waals surface area contributed by atoms with Crippen molar-refractivity contribution < 1.29 is 4.79 Å². The van der Waals surface area contributed by atoms with Crippen molar-refractivity contribution in [3.8, 4) is 0 Å². The van der Waals surface area contributed by atoms with Gasteiger partial charge in [0, 0.05) is 6.54 Å². The SMILES string of the molecule is C=CCn1c(=NC(=O)Cc2ccc(C)cc2C)sc2cc(CCCC)ccc21. The largest absolute Gasteiger partial charge is 0.313 e. The summed E-state index contributed by atoms with van der Waals surface area (Å²) >= 11 is 1.58. The summed E-state index contributed by atoms with van der Waals surface area (Å²) in [5, 5.41) is 0. The molecule has 0 saturated heterocycles. The predicted octanol–water partition coefficient (Wildman–Crippen LogP) is 5.52. The number of unbranched alkanes of at least 4 members (excludes halogenated alkanes) is 1. The molecule has 0 radical (unpaired) electrons. The number of amides is 1. The maximum Gasteiger partial charge on any atom is 0.252 e. The van der Waals surface area contributed by atoms with Crippen LogP contribution in [0.2, 0.25) is 0 Å². The van der Waals surface area contributed by atoms with Crippen LogP contribution in [0.1, 0.15) is 42.0 Å². The predicted molar refractivity (Wildman–Crippen MR) is 119 cm³/mol. The highest BCUT2D eigenvalue weighted by molar-refractivity contribution is 7.16. The van der Waals surface area contributed by atoms with Gasteiger partial charge < -0.3 is 4.57 Å². The zero-order valence-corrected chi connectivity index (χ0v) is 17.8. The van der Waals surface area contributed by atoms with Crippen LogP contribution in [0.15, 0.2) is 54.0 Å². The van der Waals surface area contributed by atoms with E-state index in [-0.39, 0.29) is 5.91 Å². The number of fused-ring (bicyclic) bond motifs is 1. The van der Waals surface area contributed by atoms with Crippen molar-refractivity contribution in [1.29, 1.82) is 0 Å². The van der Waals surface area contributed by atoms with Crippen LogP contribution in [0.3, 0.4) is 0 Å². The smallest absolute Gasteiger partial charge is 0.252 e. The van der Waals surface area contributed by atoms with Crippen molar-refractivity contribution in [2.75, 3.05) is 0 Å². The molecule has 3 nitrogen and oxygen atoms in total. The van der Waals surface area contributed by atoms with Crippen LogP contribution in [-0.2, 0) is 24.2 Å². The number of hydrogen-bond donors (Lipinski definition) is 0. The molecule has 4 heteroatoms. The van der Waals surface area contributed by atoms with Crippen LogP contribution < -0.4 is 4.80 Å².